The van der Waals surface area contributed by atoms with E-state index in [-0.39, 0.29) is 0 Å². The lowest BCUT2D eigenvalue weighted by Gasteiger charge is -2.09. The Hall–Kier alpha value is -1.10. The quantitative estimate of drug-likeness (QED) is 0.797. The average molecular weight is 268 g/mol. The van der Waals surface area contributed by atoms with Crippen LogP contribution in [-0.2, 0) is 0 Å². The molecule has 1 saturated heterocycles. The van der Waals surface area contributed by atoms with Gasteiger partial charge in [0.25, 0.3) is 6.01 Å². The van der Waals surface area contributed by atoms with Crippen LogP contribution < -0.4 is 4.90 Å². The van der Waals surface area contributed by atoms with Crippen molar-refractivity contribution in [3.63, 3.8) is 0 Å². The van der Waals surface area contributed by atoms with Gasteiger partial charge in [-0.2, -0.15) is 4.98 Å². The zero-order valence-electron chi connectivity index (χ0n) is 8.11. The number of oxazole rings is 1. The smallest absolute Gasteiger partial charge is 0.299 e. The van der Waals surface area contributed by atoms with Gasteiger partial charge in [-0.1, -0.05) is 0 Å². The predicted octanol–water partition coefficient (Wildman–Crippen LogP) is 2.59. The molecular formula is C10H10BrN3O. The first-order valence-corrected chi connectivity index (χ1v) is 5.79. The summed E-state index contributed by atoms with van der Waals surface area (Å²) in [5.41, 5.74) is 1.42. The zero-order chi connectivity index (χ0) is 10.3. The highest BCUT2D eigenvalue weighted by Gasteiger charge is 2.18. The molecule has 0 saturated carbocycles. The molecule has 0 aliphatic carbocycles. The van der Waals surface area contributed by atoms with E-state index in [0.717, 1.165) is 23.1 Å². The topological polar surface area (TPSA) is 42.2 Å². The van der Waals surface area contributed by atoms with Crippen molar-refractivity contribution < 1.29 is 4.42 Å². The number of hydrogen-bond donors (Lipinski definition) is 0. The summed E-state index contributed by atoms with van der Waals surface area (Å²) in [4.78, 5) is 10.8. The van der Waals surface area contributed by atoms with Crippen LogP contribution in [0.5, 0.6) is 0 Å². The number of pyridine rings is 1. The first-order chi connectivity index (χ1) is 7.33. The third-order valence-corrected chi connectivity index (χ3v) is 3.01. The number of aromatic nitrogens is 2. The zero-order valence-corrected chi connectivity index (χ0v) is 9.70. The van der Waals surface area contributed by atoms with Gasteiger partial charge in [-0.3, -0.25) is 0 Å². The monoisotopic (exact) mass is 267 g/mol. The van der Waals surface area contributed by atoms with Crippen LogP contribution in [-0.4, -0.2) is 23.1 Å². The lowest BCUT2D eigenvalue weighted by molar-refractivity contribution is 0.576. The van der Waals surface area contributed by atoms with Gasteiger partial charge in [0.1, 0.15) is 5.52 Å². The maximum absolute atomic E-state index is 5.59. The Balaban J connectivity index is 2.05. The molecular weight excluding hydrogens is 258 g/mol. The molecule has 0 N–H and O–H groups in total. The SMILES string of the molecule is Brc1cnc2oc(N3CCCC3)nc2c1. The van der Waals surface area contributed by atoms with Crippen molar-refractivity contribution in [2.45, 2.75) is 12.8 Å². The van der Waals surface area contributed by atoms with Crippen LogP contribution in [0.2, 0.25) is 0 Å². The molecule has 1 fully saturated rings. The number of halogens is 1. The van der Waals surface area contributed by atoms with Crippen LogP contribution in [0.3, 0.4) is 0 Å². The van der Waals surface area contributed by atoms with Crippen molar-refractivity contribution >= 4 is 33.2 Å². The molecule has 0 amide bonds. The second-order valence-electron chi connectivity index (χ2n) is 3.67. The Bertz CT molecular complexity index is 490. The Morgan fingerprint density at radius 1 is 1.33 bits per heavy atom. The maximum Gasteiger partial charge on any atom is 0.299 e. The second-order valence-corrected chi connectivity index (χ2v) is 4.58. The molecule has 0 aromatic carbocycles. The summed E-state index contributed by atoms with van der Waals surface area (Å²) < 4.78 is 6.52. The Morgan fingerprint density at radius 2 is 2.13 bits per heavy atom. The van der Waals surface area contributed by atoms with E-state index in [1.807, 2.05) is 6.07 Å². The summed E-state index contributed by atoms with van der Waals surface area (Å²) in [6.07, 6.45) is 4.16. The summed E-state index contributed by atoms with van der Waals surface area (Å²) in [6, 6.07) is 2.62. The van der Waals surface area contributed by atoms with E-state index in [1.54, 1.807) is 6.20 Å². The van der Waals surface area contributed by atoms with Crippen LogP contribution in [0, 0.1) is 0 Å². The predicted molar refractivity (Wildman–Crippen MR) is 61.0 cm³/mol. The minimum absolute atomic E-state index is 0.611. The van der Waals surface area contributed by atoms with E-state index in [1.165, 1.54) is 12.8 Å². The van der Waals surface area contributed by atoms with E-state index in [0.29, 0.717) is 11.7 Å². The first-order valence-electron chi connectivity index (χ1n) is 5.00. The van der Waals surface area contributed by atoms with Crippen molar-refractivity contribution in [2.24, 2.45) is 0 Å². The number of rotatable bonds is 1. The van der Waals surface area contributed by atoms with E-state index < -0.39 is 0 Å². The van der Waals surface area contributed by atoms with Crippen LogP contribution in [0.25, 0.3) is 11.2 Å². The fourth-order valence-corrected chi connectivity index (χ4v) is 2.15. The van der Waals surface area contributed by atoms with Gasteiger partial charge in [0.05, 0.1) is 0 Å². The van der Waals surface area contributed by atoms with Crippen LogP contribution in [0.15, 0.2) is 21.2 Å². The molecule has 0 atom stereocenters. The summed E-state index contributed by atoms with van der Waals surface area (Å²) in [7, 11) is 0. The molecule has 0 unspecified atom stereocenters. The molecule has 4 nitrogen and oxygen atoms in total. The molecule has 3 rings (SSSR count). The standard InChI is InChI=1S/C10H10BrN3O/c11-7-5-8-9(12-6-7)15-10(13-8)14-3-1-2-4-14/h5-6H,1-4H2. The largest absolute Gasteiger partial charge is 0.404 e. The fraction of sp³-hybridized carbons (Fsp3) is 0.400. The van der Waals surface area contributed by atoms with Gasteiger partial charge in [-0.15, -0.1) is 0 Å². The molecule has 0 spiro atoms. The molecule has 1 aliphatic heterocycles. The van der Waals surface area contributed by atoms with Crippen LogP contribution >= 0.6 is 15.9 Å². The fourth-order valence-electron chi connectivity index (χ4n) is 1.83. The molecule has 0 radical (unpaired) electrons. The average Bonchev–Trinajstić information content (AvgIpc) is 2.84. The maximum atomic E-state index is 5.59. The van der Waals surface area contributed by atoms with E-state index in [2.05, 4.69) is 30.8 Å². The van der Waals surface area contributed by atoms with Gasteiger partial charge in [-0.25, -0.2) is 4.98 Å². The summed E-state index contributed by atoms with van der Waals surface area (Å²) in [5, 5.41) is 0. The Kier molecular flexibility index (Phi) is 2.12. The van der Waals surface area contributed by atoms with E-state index >= 15 is 0 Å². The highest BCUT2D eigenvalue weighted by atomic mass is 79.9. The van der Waals surface area contributed by atoms with Gasteiger partial charge < -0.3 is 9.32 Å². The van der Waals surface area contributed by atoms with E-state index in [4.69, 9.17) is 4.42 Å². The summed E-state index contributed by atoms with van der Waals surface area (Å²) in [5.74, 6) is 0. The summed E-state index contributed by atoms with van der Waals surface area (Å²) in [6.45, 7) is 2.07. The molecule has 2 aromatic rings. The number of nitrogens with zero attached hydrogens (tertiary/aromatic N) is 3. The number of anilines is 1. The van der Waals surface area contributed by atoms with E-state index in [9.17, 15) is 0 Å². The van der Waals surface area contributed by atoms with Crippen molar-refractivity contribution in [2.75, 3.05) is 18.0 Å². The second kappa shape index (κ2) is 3.48. The van der Waals surface area contributed by atoms with Crippen molar-refractivity contribution in [1.29, 1.82) is 0 Å². The van der Waals surface area contributed by atoms with Gasteiger partial charge in [0.2, 0.25) is 5.71 Å². The van der Waals surface area contributed by atoms with Crippen molar-refractivity contribution in [1.82, 2.24) is 9.97 Å². The minimum atomic E-state index is 0.611. The third-order valence-electron chi connectivity index (χ3n) is 2.58. The summed E-state index contributed by atoms with van der Waals surface area (Å²) >= 11 is 3.37. The van der Waals surface area contributed by atoms with Crippen LogP contribution in [0.4, 0.5) is 6.01 Å². The highest BCUT2D eigenvalue weighted by Crippen LogP contribution is 2.24. The lowest BCUT2D eigenvalue weighted by Crippen LogP contribution is -2.17. The molecule has 2 aromatic heterocycles. The third kappa shape index (κ3) is 1.61. The molecule has 1 aliphatic rings. The van der Waals surface area contributed by atoms with Gasteiger partial charge in [0.15, 0.2) is 0 Å². The highest BCUT2D eigenvalue weighted by molar-refractivity contribution is 9.10. The minimum Gasteiger partial charge on any atom is -0.404 e. The Morgan fingerprint density at radius 3 is 2.93 bits per heavy atom. The first kappa shape index (κ1) is 9.15. The molecule has 78 valence electrons. The van der Waals surface area contributed by atoms with Crippen LogP contribution in [0.1, 0.15) is 12.8 Å². The number of fused-ring (bicyclic) bond motifs is 1. The normalized spacial score (nSPS) is 16.5. The van der Waals surface area contributed by atoms with Crippen molar-refractivity contribution in [3.05, 3.63) is 16.7 Å². The Labute approximate surface area is 95.4 Å². The van der Waals surface area contributed by atoms with Crippen molar-refractivity contribution in [3.8, 4) is 0 Å². The van der Waals surface area contributed by atoms with Gasteiger partial charge in [0, 0.05) is 23.8 Å². The lowest BCUT2D eigenvalue weighted by atomic mass is 10.4. The van der Waals surface area contributed by atoms with Gasteiger partial charge in [-0.05, 0) is 34.8 Å². The molecule has 15 heavy (non-hydrogen) atoms. The van der Waals surface area contributed by atoms with Gasteiger partial charge >= 0.3 is 0 Å². The molecule has 0 bridgehead atoms. The molecule has 5 heteroatoms. The number of hydrogen-bond acceptors (Lipinski definition) is 4. The molecule has 3 heterocycles.